The Kier molecular flexibility index (Phi) is 4.42. The maximum Gasteiger partial charge on any atom is 0.418 e. The van der Waals surface area contributed by atoms with Crippen molar-refractivity contribution >= 4 is 22.3 Å². The number of nitrogens with zero attached hydrogens (tertiary/aromatic N) is 2. The molecule has 0 aromatic rings. The molecule has 130 valence electrons. The van der Waals surface area contributed by atoms with Gasteiger partial charge in [0.2, 0.25) is 0 Å². The summed E-state index contributed by atoms with van der Waals surface area (Å²) in [4.78, 5) is 30.6. The molecular formula is C11H18N4O7S. The van der Waals surface area contributed by atoms with Crippen LogP contribution in [0.4, 0.5) is 4.79 Å². The predicted molar refractivity (Wildman–Crippen MR) is 73.9 cm³/mol. The van der Waals surface area contributed by atoms with E-state index in [1.54, 1.807) is 0 Å². The highest BCUT2D eigenvalue weighted by atomic mass is 32.3. The molecule has 3 amide bonds. The van der Waals surface area contributed by atoms with Crippen LogP contribution in [0.15, 0.2) is 0 Å². The Bertz CT molecular complexity index is 593. The molecule has 0 saturated carbocycles. The number of nitrogens with one attached hydrogen (secondary N) is 2. The minimum absolute atomic E-state index is 0.149. The van der Waals surface area contributed by atoms with Crippen LogP contribution in [0, 0.1) is 0 Å². The molecular weight excluding hydrogens is 332 g/mol. The summed E-state index contributed by atoms with van der Waals surface area (Å²) in [5, 5.41) is 3.71. The Hall–Kier alpha value is -1.47. The molecule has 0 aliphatic carbocycles. The van der Waals surface area contributed by atoms with Gasteiger partial charge >= 0.3 is 16.4 Å². The lowest BCUT2D eigenvalue weighted by Crippen LogP contribution is -2.51. The second kappa shape index (κ2) is 6.20. The van der Waals surface area contributed by atoms with Crippen molar-refractivity contribution in [3.8, 4) is 0 Å². The predicted octanol–water partition coefficient (Wildman–Crippen LogP) is -1.60. The molecule has 0 aromatic carbocycles. The highest BCUT2D eigenvalue weighted by Gasteiger charge is 2.49. The Morgan fingerprint density at radius 3 is 2.74 bits per heavy atom. The largest absolute Gasteiger partial charge is 0.418 e. The average molecular weight is 350 g/mol. The Balaban J connectivity index is 1.56. The molecule has 0 aromatic heterocycles. The number of carbonyl (C=O) groups is 2. The van der Waals surface area contributed by atoms with Crippen LogP contribution in [0.3, 0.4) is 0 Å². The third-order valence-electron chi connectivity index (χ3n) is 4.18. The molecule has 11 nitrogen and oxygen atoms in total. The fourth-order valence-electron chi connectivity index (χ4n) is 2.88. The summed E-state index contributed by atoms with van der Waals surface area (Å²) < 4.78 is 34.6. The molecule has 3 atom stereocenters. The smallest absolute Gasteiger partial charge is 0.311 e. The van der Waals surface area contributed by atoms with Crippen LogP contribution in [0.1, 0.15) is 19.3 Å². The first-order chi connectivity index (χ1) is 10.8. The molecule has 3 heterocycles. The minimum Gasteiger partial charge on any atom is -0.311 e. The lowest BCUT2D eigenvalue weighted by atomic mass is 10.0. The molecule has 2 bridgehead atoms. The molecule has 3 aliphatic heterocycles. The SMILES string of the molecule is O=C(NOC[C@H]1CCN1)[C@@H]1CC[C@@H]2CN1C(=O)N2OS(=O)(=O)O. The number of piperidine rings is 1. The molecule has 12 heteroatoms. The summed E-state index contributed by atoms with van der Waals surface area (Å²) in [6.45, 7) is 1.42. The number of rotatable bonds is 6. The Morgan fingerprint density at radius 2 is 2.13 bits per heavy atom. The van der Waals surface area contributed by atoms with E-state index >= 15 is 0 Å². The molecule has 3 N–H and O–H groups in total. The summed E-state index contributed by atoms with van der Waals surface area (Å²) in [6.07, 6.45) is 1.70. The van der Waals surface area contributed by atoms with Crippen LogP contribution in [-0.4, -0.2) is 72.7 Å². The van der Waals surface area contributed by atoms with E-state index in [9.17, 15) is 18.0 Å². The Morgan fingerprint density at radius 1 is 1.39 bits per heavy atom. The van der Waals surface area contributed by atoms with E-state index in [0.29, 0.717) is 24.5 Å². The second-order valence-electron chi connectivity index (χ2n) is 5.73. The lowest BCUT2D eigenvalue weighted by Gasteiger charge is -2.30. The quantitative estimate of drug-likeness (QED) is 0.385. The number of carbonyl (C=O) groups excluding carboxylic acids is 2. The summed E-state index contributed by atoms with van der Waals surface area (Å²) >= 11 is 0. The molecule has 3 aliphatic rings. The van der Waals surface area contributed by atoms with E-state index in [1.807, 2.05) is 0 Å². The minimum atomic E-state index is -4.79. The van der Waals surface area contributed by atoms with Crippen molar-refractivity contribution < 1.29 is 31.7 Å². The van der Waals surface area contributed by atoms with Gasteiger partial charge in [-0.3, -0.25) is 14.2 Å². The van der Waals surface area contributed by atoms with Crippen molar-refractivity contribution in [1.29, 1.82) is 0 Å². The van der Waals surface area contributed by atoms with Gasteiger partial charge < -0.3 is 10.2 Å². The number of hydrogen-bond acceptors (Lipinski definition) is 7. The van der Waals surface area contributed by atoms with Crippen molar-refractivity contribution in [1.82, 2.24) is 20.8 Å². The zero-order chi connectivity index (χ0) is 16.6. The highest BCUT2D eigenvalue weighted by Crippen LogP contribution is 2.30. The van der Waals surface area contributed by atoms with E-state index in [4.69, 9.17) is 9.39 Å². The maximum atomic E-state index is 12.1. The third kappa shape index (κ3) is 3.55. The number of urea groups is 1. The van der Waals surface area contributed by atoms with E-state index in [2.05, 4.69) is 15.1 Å². The van der Waals surface area contributed by atoms with Gasteiger partial charge in [0, 0.05) is 12.6 Å². The van der Waals surface area contributed by atoms with E-state index < -0.39 is 34.4 Å². The van der Waals surface area contributed by atoms with Crippen LogP contribution >= 0.6 is 0 Å². The van der Waals surface area contributed by atoms with Gasteiger partial charge in [-0.25, -0.2) is 10.3 Å². The summed E-state index contributed by atoms with van der Waals surface area (Å²) in [5.41, 5.74) is 2.32. The fourth-order valence-corrected chi connectivity index (χ4v) is 3.26. The Labute approximate surface area is 132 Å². The molecule has 3 fully saturated rings. The zero-order valence-electron chi connectivity index (χ0n) is 12.2. The van der Waals surface area contributed by atoms with Gasteiger partial charge in [0.25, 0.3) is 5.91 Å². The third-order valence-corrected chi connectivity index (χ3v) is 4.53. The van der Waals surface area contributed by atoms with Gasteiger partial charge in [-0.1, -0.05) is 0 Å². The van der Waals surface area contributed by atoms with Gasteiger partial charge in [-0.15, -0.1) is 4.28 Å². The van der Waals surface area contributed by atoms with Crippen molar-refractivity contribution in [3.05, 3.63) is 0 Å². The van der Waals surface area contributed by atoms with Crippen LogP contribution in [0.25, 0.3) is 0 Å². The first-order valence-electron chi connectivity index (χ1n) is 7.27. The molecule has 0 radical (unpaired) electrons. The molecule has 0 unspecified atom stereocenters. The van der Waals surface area contributed by atoms with Crippen molar-refractivity contribution in [2.24, 2.45) is 0 Å². The van der Waals surface area contributed by atoms with Crippen molar-refractivity contribution in [3.63, 3.8) is 0 Å². The fraction of sp³-hybridized carbons (Fsp3) is 0.818. The average Bonchev–Trinajstić information content (AvgIpc) is 2.65. The van der Waals surface area contributed by atoms with Gasteiger partial charge in [-0.2, -0.15) is 13.5 Å². The van der Waals surface area contributed by atoms with E-state index in [-0.39, 0.29) is 12.6 Å². The highest BCUT2D eigenvalue weighted by molar-refractivity contribution is 7.80. The molecule has 0 spiro atoms. The summed E-state index contributed by atoms with van der Waals surface area (Å²) in [5.74, 6) is -0.468. The zero-order valence-corrected chi connectivity index (χ0v) is 13.0. The number of hydrogen-bond donors (Lipinski definition) is 3. The van der Waals surface area contributed by atoms with Crippen LogP contribution in [-0.2, 0) is 24.3 Å². The molecule has 23 heavy (non-hydrogen) atoms. The summed E-state index contributed by atoms with van der Waals surface area (Å²) in [6, 6.07) is -1.83. The van der Waals surface area contributed by atoms with Gasteiger partial charge in [0.1, 0.15) is 6.04 Å². The lowest BCUT2D eigenvalue weighted by molar-refractivity contribution is -0.139. The van der Waals surface area contributed by atoms with E-state index in [0.717, 1.165) is 13.0 Å². The first-order valence-corrected chi connectivity index (χ1v) is 8.63. The maximum absolute atomic E-state index is 12.1. The van der Waals surface area contributed by atoms with Crippen LogP contribution < -0.4 is 10.8 Å². The molecule has 3 saturated heterocycles. The topological polar surface area (TPSA) is 138 Å². The van der Waals surface area contributed by atoms with Crippen molar-refractivity contribution in [2.75, 3.05) is 19.7 Å². The first kappa shape index (κ1) is 16.4. The van der Waals surface area contributed by atoms with E-state index in [1.165, 1.54) is 4.90 Å². The standard InChI is InChI=1S/C11H18N4O7S/c16-10(13-21-6-7-3-4-12-7)9-2-1-8-5-14(9)11(17)15(8)22-23(18,19)20/h7-9,12H,1-6H2,(H,13,16)(H,18,19,20)/t7-,8-,9+/m1/s1. The van der Waals surface area contributed by atoms with Crippen molar-refractivity contribution in [2.45, 2.75) is 37.4 Å². The number of fused-ring (bicyclic) bond motifs is 2. The monoisotopic (exact) mass is 350 g/mol. The normalized spacial score (nSPS) is 30.3. The van der Waals surface area contributed by atoms with Gasteiger partial charge in [0.05, 0.1) is 12.6 Å². The van der Waals surface area contributed by atoms with Gasteiger partial charge in [-0.05, 0) is 25.8 Å². The van der Waals surface area contributed by atoms with Crippen LogP contribution in [0.2, 0.25) is 0 Å². The second-order valence-corrected chi connectivity index (χ2v) is 6.73. The molecule has 3 rings (SSSR count). The number of hydroxylamine groups is 3. The summed E-state index contributed by atoms with van der Waals surface area (Å²) in [7, 11) is -4.79. The van der Waals surface area contributed by atoms with Crippen LogP contribution in [0.5, 0.6) is 0 Å². The van der Waals surface area contributed by atoms with Gasteiger partial charge in [0.15, 0.2) is 0 Å². The number of amides is 3.